The summed E-state index contributed by atoms with van der Waals surface area (Å²) < 4.78 is 35.6. The second kappa shape index (κ2) is 11.5. The van der Waals surface area contributed by atoms with E-state index in [2.05, 4.69) is 20.3 Å². The van der Waals surface area contributed by atoms with Crippen molar-refractivity contribution in [3.05, 3.63) is 36.0 Å². The number of benzene rings is 1. The molecule has 1 aromatic heterocycles. The summed E-state index contributed by atoms with van der Waals surface area (Å²) in [5.41, 5.74) is 3.80. The van der Waals surface area contributed by atoms with Gasteiger partial charge in [0.25, 0.3) is 11.8 Å². The van der Waals surface area contributed by atoms with E-state index in [1.807, 2.05) is 14.0 Å². The highest BCUT2D eigenvalue weighted by molar-refractivity contribution is 6.02. The standard InChI is InChI=1S/C28H37F2N7O3/c1-4-40-22-11-7-8-19(16-22)25(38)37(21-12-14-34(2)15-13-21)33-27-31-17-23-24(32-27)36(20-9-5-6-10-20)18-28(29,30)26(39)35(23)3/h7-8,11,16-17,20-21H,4-6,9-10,12-15,18H2,1-3H3,(H,31,32,33). The lowest BCUT2D eigenvalue weighted by Gasteiger charge is -2.37. The quantitative estimate of drug-likeness (QED) is 0.514. The first-order valence-electron chi connectivity index (χ1n) is 14.0. The van der Waals surface area contributed by atoms with E-state index in [1.54, 1.807) is 34.2 Å². The van der Waals surface area contributed by atoms with Gasteiger partial charge in [-0.1, -0.05) is 18.9 Å². The van der Waals surface area contributed by atoms with E-state index in [-0.39, 0.29) is 35.4 Å². The summed E-state index contributed by atoms with van der Waals surface area (Å²) in [7, 11) is 3.37. The number of piperidine rings is 1. The van der Waals surface area contributed by atoms with Crippen molar-refractivity contribution in [1.29, 1.82) is 0 Å². The van der Waals surface area contributed by atoms with Crippen LogP contribution in [0.15, 0.2) is 30.5 Å². The van der Waals surface area contributed by atoms with Crippen molar-refractivity contribution in [2.75, 3.05) is 55.6 Å². The Bertz CT molecular complexity index is 1230. The van der Waals surface area contributed by atoms with Gasteiger partial charge in [0.1, 0.15) is 11.4 Å². The van der Waals surface area contributed by atoms with Crippen LogP contribution >= 0.6 is 0 Å². The monoisotopic (exact) mass is 557 g/mol. The minimum Gasteiger partial charge on any atom is -0.494 e. The maximum absolute atomic E-state index is 15.0. The van der Waals surface area contributed by atoms with Crippen molar-refractivity contribution in [2.45, 2.75) is 63.5 Å². The van der Waals surface area contributed by atoms with E-state index in [9.17, 15) is 18.4 Å². The summed E-state index contributed by atoms with van der Waals surface area (Å²) in [6, 6.07) is 6.72. The smallest absolute Gasteiger partial charge is 0.342 e. The minimum atomic E-state index is -3.56. The lowest BCUT2D eigenvalue weighted by Crippen LogP contribution is -2.49. The molecule has 40 heavy (non-hydrogen) atoms. The lowest BCUT2D eigenvalue weighted by molar-refractivity contribution is -0.140. The fourth-order valence-electron chi connectivity index (χ4n) is 5.79. The number of hydrazine groups is 1. The van der Waals surface area contributed by atoms with Crippen LogP contribution in [0.3, 0.4) is 0 Å². The molecule has 12 heteroatoms. The van der Waals surface area contributed by atoms with Crippen LogP contribution in [0.2, 0.25) is 0 Å². The third-order valence-corrected chi connectivity index (χ3v) is 8.02. The van der Waals surface area contributed by atoms with Gasteiger partial charge in [0, 0.05) is 18.7 Å². The summed E-state index contributed by atoms with van der Waals surface area (Å²) in [4.78, 5) is 40.2. The summed E-state index contributed by atoms with van der Waals surface area (Å²) in [5.74, 6) is -4.13. The third kappa shape index (κ3) is 5.67. The molecule has 0 unspecified atom stereocenters. The van der Waals surface area contributed by atoms with Crippen molar-refractivity contribution in [2.24, 2.45) is 0 Å². The molecule has 2 amide bonds. The Morgan fingerprint density at radius 2 is 1.90 bits per heavy atom. The van der Waals surface area contributed by atoms with Crippen molar-refractivity contribution >= 4 is 29.3 Å². The number of ether oxygens (including phenoxy) is 1. The van der Waals surface area contributed by atoms with Crippen LogP contribution < -0.4 is 20.0 Å². The molecule has 1 N–H and O–H groups in total. The fourth-order valence-corrected chi connectivity index (χ4v) is 5.79. The number of aromatic nitrogens is 2. The Kier molecular flexibility index (Phi) is 8.07. The zero-order valence-electron chi connectivity index (χ0n) is 23.3. The Morgan fingerprint density at radius 3 is 2.60 bits per heavy atom. The molecule has 0 atom stereocenters. The van der Waals surface area contributed by atoms with Gasteiger partial charge in [-0.25, -0.2) is 9.99 Å². The summed E-state index contributed by atoms with van der Waals surface area (Å²) in [6.07, 6.45) is 6.22. The molecule has 10 nitrogen and oxygen atoms in total. The van der Waals surface area contributed by atoms with Gasteiger partial charge in [-0.2, -0.15) is 13.8 Å². The first-order chi connectivity index (χ1) is 19.2. The lowest BCUT2D eigenvalue weighted by atomic mass is 10.0. The molecule has 1 saturated carbocycles. The number of hydrogen-bond donors (Lipinski definition) is 1. The average molecular weight is 558 g/mol. The molecule has 1 aromatic carbocycles. The third-order valence-electron chi connectivity index (χ3n) is 8.02. The number of carbonyl (C=O) groups is 2. The number of nitrogens with zero attached hydrogens (tertiary/aromatic N) is 6. The molecule has 0 radical (unpaired) electrons. The predicted molar refractivity (Wildman–Crippen MR) is 148 cm³/mol. The van der Waals surface area contributed by atoms with E-state index in [4.69, 9.17) is 4.74 Å². The van der Waals surface area contributed by atoms with Crippen LogP contribution in [0.5, 0.6) is 5.75 Å². The highest BCUT2D eigenvalue weighted by atomic mass is 19.3. The first-order valence-corrected chi connectivity index (χ1v) is 14.0. The van der Waals surface area contributed by atoms with Crippen LogP contribution in [0.25, 0.3) is 0 Å². The van der Waals surface area contributed by atoms with Gasteiger partial charge >= 0.3 is 5.92 Å². The van der Waals surface area contributed by atoms with Crippen molar-refractivity contribution in [3.63, 3.8) is 0 Å². The number of alkyl halides is 2. The molecule has 3 heterocycles. The zero-order chi connectivity index (χ0) is 28.4. The SMILES string of the molecule is CCOc1cccc(C(=O)N(Nc2ncc3c(n2)N(C2CCCC2)CC(F)(F)C(=O)N3C)C2CCN(C)CC2)c1. The predicted octanol–water partition coefficient (Wildman–Crippen LogP) is 3.80. The maximum atomic E-state index is 15.0. The number of likely N-dealkylation sites (tertiary alicyclic amines) is 1. The Labute approximate surface area is 233 Å². The van der Waals surface area contributed by atoms with Crippen LogP contribution in [0.4, 0.5) is 26.2 Å². The number of nitrogens with one attached hydrogen (secondary N) is 1. The minimum absolute atomic E-state index is 0.112. The second-order valence-electron chi connectivity index (χ2n) is 10.8. The second-order valence-corrected chi connectivity index (χ2v) is 10.8. The van der Waals surface area contributed by atoms with Gasteiger partial charge < -0.3 is 19.4 Å². The largest absolute Gasteiger partial charge is 0.494 e. The van der Waals surface area contributed by atoms with E-state index in [1.165, 1.54) is 13.2 Å². The topological polar surface area (TPSA) is 94.1 Å². The first kappa shape index (κ1) is 28.0. The van der Waals surface area contributed by atoms with E-state index < -0.39 is 18.4 Å². The maximum Gasteiger partial charge on any atom is 0.342 e. The van der Waals surface area contributed by atoms with Crippen LogP contribution in [0, 0.1) is 0 Å². The normalized spacial score (nSPS) is 20.3. The fraction of sp³-hybridized carbons (Fsp3) is 0.571. The van der Waals surface area contributed by atoms with Crippen LogP contribution in [-0.4, -0.2) is 90.0 Å². The number of amides is 2. The van der Waals surface area contributed by atoms with Gasteiger partial charge in [0.15, 0.2) is 5.82 Å². The zero-order valence-corrected chi connectivity index (χ0v) is 23.3. The Balaban J connectivity index is 1.50. The Hall–Kier alpha value is -3.54. The number of fused-ring (bicyclic) bond motifs is 1. The molecule has 1 aliphatic carbocycles. The van der Waals surface area contributed by atoms with Gasteiger partial charge in [-0.05, 0) is 70.9 Å². The molecule has 2 fully saturated rings. The molecular formula is C28H37F2N7O3. The molecule has 0 bridgehead atoms. The summed E-state index contributed by atoms with van der Waals surface area (Å²) in [6.45, 7) is 3.25. The number of anilines is 3. The number of rotatable bonds is 7. The molecular weight excluding hydrogens is 520 g/mol. The molecule has 2 aromatic rings. The molecule has 216 valence electrons. The molecule has 2 aliphatic heterocycles. The van der Waals surface area contributed by atoms with Crippen LogP contribution in [0.1, 0.15) is 55.8 Å². The number of carbonyl (C=O) groups excluding carboxylic acids is 2. The molecule has 1 saturated heterocycles. The average Bonchev–Trinajstić information content (AvgIpc) is 3.47. The van der Waals surface area contributed by atoms with Gasteiger partial charge in [-0.15, -0.1) is 0 Å². The van der Waals surface area contributed by atoms with E-state index in [0.717, 1.165) is 56.5 Å². The Morgan fingerprint density at radius 1 is 1.18 bits per heavy atom. The van der Waals surface area contributed by atoms with Crippen molar-refractivity contribution < 1.29 is 23.1 Å². The number of halogens is 2. The van der Waals surface area contributed by atoms with Gasteiger partial charge in [0.05, 0.1) is 25.4 Å². The van der Waals surface area contributed by atoms with Gasteiger partial charge in [0.2, 0.25) is 5.95 Å². The van der Waals surface area contributed by atoms with Crippen molar-refractivity contribution in [1.82, 2.24) is 19.9 Å². The van der Waals surface area contributed by atoms with E-state index in [0.29, 0.717) is 17.9 Å². The summed E-state index contributed by atoms with van der Waals surface area (Å²) >= 11 is 0. The van der Waals surface area contributed by atoms with Crippen molar-refractivity contribution in [3.8, 4) is 5.75 Å². The highest BCUT2D eigenvalue weighted by Gasteiger charge is 2.49. The molecule has 0 spiro atoms. The summed E-state index contributed by atoms with van der Waals surface area (Å²) in [5, 5.41) is 1.56. The molecule has 5 rings (SSSR count). The van der Waals surface area contributed by atoms with Crippen LogP contribution in [-0.2, 0) is 4.79 Å². The number of hydrogen-bond acceptors (Lipinski definition) is 8. The molecule has 3 aliphatic rings. The van der Waals surface area contributed by atoms with E-state index >= 15 is 0 Å². The van der Waals surface area contributed by atoms with Gasteiger partial charge in [-0.3, -0.25) is 15.0 Å². The highest BCUT2D eigenvalue weighted by Crippen LogP contribution is 2.39.